The minimum atomic E-state index is -3.64. The van der Waals surface area contributed by atoms with Crippen molar-refractivity contribution in [2.24, 2.45) is 0 Å². The summed E-state index contributed by atoms with van der Waals surface area (Å²) in [5.41, 5.74) is 5.61. The molecule has 3 rings (SSSR count). The van der Waals surface area contributed by atoms with Crippen LogP contribution in [0.3, 0.4) is 0 Å². The molecule has 1 N–H and O–H groups in total. The first-order chi connectivity index (χ1) is 21.4. The highest BCUT2D eigenvalue weighted by molar-refractivity contribution is 7.86. The van der Waals surface area contributed by atoms with Gasteiger partial charge in [0, 0.05) is 19.8 Å². The van der Waals surface area contributed by atoms with E-state index in [9.17, 15) is 8.42 Å². The highest BCUT2D eigenvalue weighted by Gasteiger charge is 2.14. The number of aryl methyl sites for hydroxylation is 1. The summed E-state index contributed by atoms with van der Waals surface area (Å²) in [5.74, 6) is 0. The largest absolute Gasteiger partial charge is 0.396 e. The van der Waals surface area contributed by atoms with E-state index in [-0.39, 0.29) is 11.5 Å². The fraction of sp³-hybridized carbons (Fsp3) is 0.405. The predicted molar refractivity (Wildman–Crippen MR) is 181 cm³/mol. The number of hydrogen-bond donors (Lipinski definition) is 1. The summed E-state index contributed by atoms with van der Waals surface area (Å²) < 4.78 is 40.4. The number of benzene rings is 3. The van der Waals surface area contributed by atoms with Crippen molar-refractivity contribution in [2.75, 3.05) is 26.4 Å². The maximum atomic E-state index is 12.0. The van der Waals surface area contributed by atoms with E-state index in [0.717, 1.165) is 73.8 Å². The van der Waals surface area contributed by atoms with Gasteiger partial charge < -0.3 is 14.6 Å². The molecule has 0 saturated heterocycles. The van der Waals surface area contributed by atoms with Crippen LogP contribution in [0, 0.1) is 6.92 Å². The topological polar surface area (TPSA) is 82.1 Å². The lowest BCUT2D eigenvalue weighted by Gasteiger charge is -2.07. The third-order valence-corrected chi connectivity index (χ3v) is 8.22. The van der Waals surface area contributed by atoms with Gasteiger partial charge in [0.1, 0.15) is 0 Å². The Labute approximate surface area is 265 Å². The molecule has 0 saturated carbocycles. The number of hydrogen-bond acceptors (Lipinski definition) is 6. The molecular formula is C37H50O6S. The monoisotopic (exact) mass is 622 g/mol. The molecule has 0 aromatic heterocycles. The Balaban J connectivity index is 0.000000342. The van der Waals surface area contributed by atoms with Gasteiger partial charge in [-0.25, -0.2) is 0 Å². The van der Waals surface area contributed by atoms with Crippen LogP contribution >= 0.6 is 0 Å². The van der Waals surface area contributed by atoms with Crippen molar-refractivity contribution in [2.45, 2.75) is 76.4 Å². The van der Waals surface area contributed by atoms with Crippen LogP contribution in [0.15, 0.2) is 90.8 Å². The minimum absolute atomic E-state index is 0.211. The molecule has 0 radical (unpaired) electrons. The fourth-order valence-electron chi connectivity index (χ4n) is 4.15. The zero-order valence-electron chi connectivity index (χ0n) is 26.3. The van der Waals surface area contributed by atoms with Crippen LogP contribution in [-0.2, 0) is 37.0 Å². The third-order valence-electron chi connectivity index (χ3n) is 6.90. The quantitative estimate of drug-likeness (QED) is 0.0947. The van der Waals surface area contributed by atoms with Gasteiger partial charge in [-0.1, -0.05) is 117 Å². The number of ether oxygens (including phenoxy) is 2. The van der Waals surface area contributed by atoms with Crippen LogP contribution in [-0.4, -0.2) is 40.0 Å². The first-order valence-corrected chi connectivity index (χ1v) is 16.9. The Hall–Kier alpha value is -3.07. The predicted octanol–water partition coefficient (Wildman–Crippen LogP) is 8.52. The van der Waals surface area contributed by atoms with Gasteiger partial charge in [-0.2, -0.15) is 8.42 Å². The lowest BCUT2D eigenvalue weighted by Crippen LogP contribution is -2.07. The van der Waals surface area contributed by atoms with Crippen molar-refractivity contribution < 1.29 is 27.2 Å². The maximum Gasteiger partial charge on any atom is 0.296 e. The van der Waals surface area contributed by atoms with Crippen LogP contribution in [0.5, 0.6) is 0 Å². The van der Waals surface area contributed by atoms with Crippen molar-refractivity contribution in [1.29, 1.82) is 0 Å². The molecule has 0 bridgehead atoms. The van der Waals surface area contributed by atoms with Crippen LogP contribution in [0.1, 0.15) is 79.2 Å². The molecule has 3 aromatic carbocycles. The summed E-state index contributed by atoms with van der Waals surface area (Å²) >= 11 is 0. The molecule has 0 atom stereocenters. The summed E-state index contributed by atoms with van der Waals surface area (Å²) in [6.45, 7) is 12.7. The first kappa shape index (κ1) is 37.1. The number of unbranched alkanes of at least 4 members (excludes halogenated alkanes) is 6. The van der Waals surface area contributed by atoms with Gasteiger partial charge >= 0.3 is 0 Å². The first-order valence-electron chi connectivity index (χ1n) is 15.5. The van der Waals surface area contributed by atoms with Gasteiger partial charge in [0.15, 0.2) is 0 Å². The van der Waals surface area contributed by atoms with E-state index in [1.165, 1.54) is 5.56 Å². The second kappa shape index (κ2) is 22.4. The summed E-state index contributed by atoms with van der Waals surface area (Å²) in [6, 6.07) is 23.1. The van der Waals surface area contributed by atoms with Crippen LogP contribution < -0.4 is 0 Å². The van der Waals surface area contributed by atoms with E-state index in [1.807, 2.05) is 55.5 Å². The van der Waals surface area contributed by atoms with E-state index in [1.54, 1.807) is 24.3 Å². The highest BCUT2D eigenvalue weighted by atomic mass is 32.2. The van der Waals surface area contributed by atoms with Gasteiger partial charge in [-0.15, -0.1) is 0 Å². The standard InChI is InChI=1S/C22H28O4S.C15H22O2/c1-3-20-10-12-21(13-11-20)18-25-16-6-4-5-7-17-26-27(23,24)22-14-8-19(2)9-15-22;1-2-14-7-9-15(10-8-14)13-17-12-6-4-3-5-11-16/h3,8-15H,1,4-7,16-18H2,2H3;2,7-10,16H,1,3-6,11-13H2. The number of aliphatic hydroxyl groups excluding tert-OH is 1. The lowest BCUT2D eigenvalue weighted by atomic mass is 10.1. The van der Waals surface area contributed by atoms with Crippen molar-refractivity contribution in [3.8, 4) is 0 Å². The van der Waals surface area contributed by atoms with Gasteiger partial charge in [0.2, 0.25) is 0 Å². The Morgan fingerprint density at radius 1 is 0.614 bits per heavy atom. The van der Waals surface area contributed by atoms with Crippen LogP contribution in [0.25, 0.3) is 12.2 Å². The second-order valence-corrected chi connectivity index (χ2v) is 12.3. The average Bonchev–Trinajstić information content (AvgIpc) is 3.04. The molecule has 0 fully saturated rings. The van der Waals surface area contributed by atoms with Crippen molar-refractivity contribution in [1.82, 2.24) is 0 Å². The molecule has 6 nitrogen and oxygen atoms in total. The average molecular weight is 623 g/mol. The number of aliphatic hydroxyl groups is 1. The molecule has 44 heavy (non-hydrogen) atoms. The maximum absolute atomic E-state index is 12.0. The summed E-state index contributed by atoms with van der Waals surface area (Å²) in [6.07, 6.45) is 11.4. The SMILES string of the molecule is C=Cc1ccc(COCCCCCCO)cc1.C=Cc1ccc(COCCCCCCOS(=O)(=O)c2ccc(C)cc2)cc1. The molecule has 0 aliphatic rings. The molecular weight excluding hydrogens is 572 g/mol. The van der Waals surface area contributed by atoms with Gasteiger partial charge in [-0.3, -0.25) is 4.18 Å². The fourth-order valence-corrected chi connectivity index (χ4v) is 5.09. The van der Waals surface area contributed by atoms with Gasteiger partial charge in [0.05, 0.1) is 24.7 Å². The van der Waals surface area contributed by atoms with E-state index in [0.29, 0.717) is 32.8 Å². The molecule has 0 unspecified atom stereocenters. The molecule has 0 spiro atoms. The molecule has 0 aliphatic heterocycles. The molecule has 0 heterocycles. The molecule has 7 heteroatoms. The summed E-state index contributed by atoms with van der Waals surface area (Å²) in [5, 5.41) is 8.62. The third kappa shape index (κ3) is 16.1. The number of rotatable bonds is 21. The van der Waals surface area contributed by atoms with Crippen LogP contribution in [0.4, 0.5) is 0 Å². The van der Waals surface area contributed by atoms with Crippen molar-refractivity contribution in [3.63, 3.8) is 0 Å². The van der Waals surface area contributed by atoms with Gasteiger partial charge in [0.25, 0.3) is 10.1 Å². The Morgan fingerprint density at radius 2 is 1.05 bits per heavy atom. The molecule has 3 aromatic rings. The van der Waals surface area contributed by atoms with E-state index in [2.05, 4.69) is 25.3 Å². The Kier molecular flexibility index (Phi) is 18.9. The minimum Gasteiger partial charge on any atom is -0.396 e. The zero-order valence-corrected chi connectivity index (χ0v) is 27.1. The smallest absolute Gasteiger partial charge is 0.296 e. The Morgan fingerprint density at radius 3 is 1.48 bits per heavy atom. The summed E-state index contributed by atoms with van der Waals surface area (Å²) in [4.78, 5) is 0.211. The zero-order chi connectivity index (χ0) is 31.9. The van der Waals surface area contributed by atoms with E-state index in [4.69, 9.17) is 18.8 Å². The van der Waals surface area contributed by atoms with Crippen molar-refractivity contribution >= 4 is 22.3 Å². The Bertz CT molecular complexity index is 1280. The van der Waals surface area contributed by atoms with Gasteiger partial charge in [-0.05, 0) is 67.0 Å². The molecule has 0 aliphatic carbocycles. The molecule has 0 amide bonds. The lowest BCUT2D eigenvalue weighted by molar-refractivity contribution is 0.116. The van der Waals surface area contributed by atoms with E-state index < -0.39 is 10.1 Å². The highest BCUT2D eigenvalue weighted by Crippen LogP contribution is 2.14. The van der Waals surface area contributed by atoms with Crippen LogP contribution in [0.2, 0.25) is 0 Å². The summed E-state index contributed by atoms with van der Waals surface area (Å²) in [7, 11) is -3.64. The normalized spacial score (nSPS) is 11.0. The van der Waals surface area contributed by atoms with Crippen molar-refractivity contribution in [3.05, 3.63) is 114 Å². The van der Waals surface area contributed by atoms with E-state index >= 15 is 0 Å². The molecule has 240 valence electrons. The second-order valence-electron chi connectivity index (χ2n) is 10.6.